The fraction of sp³-hybridized carbons (Fsp3) is 0.417. The van der Waals surface area contributed by atoms with Crippen molar-refractivity contribution < 1.29 is 0 Å². The van der Waals surface area contributed by atoms with Gasteiger partial charge in [-0.3, -0.25) is 0 Å². The fourth-order valence-corrected chi connectivity index (χ4v) is 1.73. The van der Waals surface area contributed by atoms with Crippen LogP contribution in [0, 0.1) is 5.92 Å². The largest absolute Gasteiger partial charge is 0.352 e. The van der Waals surface area contributed by atoms with E-state index in [0.29, 0.717) is 11.9 Å². The van der Waals surface area contributed by atoms with E-state index in [2.05, 4.69) is 33.1 Å². The molecule has 0 bridgehead atoms. The zero-order valence-corrected chi connectivity index (χ0v) is 10.7. The summed E-state index contributed by atoms with van der Waals surface area (Å²) in [6.45, 7) is 3.95. The van der Waals surface area contributed by atoms with Gasteiger partial charge in [-0.1, -0.05) is 30.2 Å². The van der Waals surface area contributed by atoms with Gasteiger partial charge in [0.25, 0.3) is 0 Å². The van der Waals surface area contributed by atoms with Crippen molar-refractivity contribution in [3.05, 3.63) is 30.3 Å². The SMILES string of the molecule is CNCC(C)CNc1nnnn1-c1ccccc1. The molecule has 0 aliphatic rings. The molecule has 0 aliphatic carbocycles. The summed E-state index contributed by atoms with van der Waals surface area (Å²) in [5, 5.41) is 18.1. The first-order valence-corrected chi connectivity index (χ1v) is 6.03. The van der Waals surface area contributed by atoms with Crippen LogP contribution in [0.2, 0.25) is 0 Å². The van der Waals surface area contributed by atoms with Crippen molar-refractivity contribution >= 4 is 5.95 Å². The average Bonchev–Trinajstić information content (AvgIpc) is 2.86. The second-order valence-electron chi connectivity index (χ2n) is 4.29. The Morgan fingerprint density at radius 1 is 1.22 bits per heavy atom. The minimum absolute atomic E-state index is 0.510. The molecule has 1 unspecified atom stereocenters. The zero-order chi connectivity index (χ0) is 12.8. The first kappa shape index (κ1) is 12.5. The topological polar surface area (TPSA) is 67.7 Å². The molecule has 1 atom stereocenters. The van der Waals surface area contributed by atoms with Gasteiger partial charge in [-0.2, -0.15) is 4.68 Å². The molecule has 0 saturated heterocycles. The smallest absolute Gasteiger partial charge is 0.247 e. The fourth-order valence-electron chi connectivity index (χ4n) is 1.73. The Morgan fingerprint density at radius 2 is 2.00 bits per heavy atom. The monoisotopic (exact) mass is 246 g/mol. The van der Waals surface area contributed by atoms with Gasteiger partial charge in [0.2, 0.25) is 5.95 Å². The van der Waals surface area contributed by atoms with Crippen molar-refractivity contribution in [2.75, 3.05) is 25.5 Å². The number of nitrogens with zero attached hydrogens (tertiary/aromatic N) is 4. The molecule has 0 fully saturated rings. The average molecular weight is 246 g/mol. The first-order chi connectivity index (χ1) is 8.81. The van der Waals surface area contributed by atoms with Crippen LogP contribution in [0.1, 0.15) is 6.92 Å². The standard InChI is InChI=1S/C12H18N6/c1-10(8-13-2)9-14-12-15-16-17-18(12)11-6-4-3-5-7-11/h3-7,10,13H,8-9H2,1-2H3,(H,14,15,17). The van der Waals surface area contributed by atoms with Gasteiger partial charge in [0.05, 0.1) is 5.69 Å². The second kappa shape index (κ2) is 6.11. The van der Waals surface area contributed by atoms with Crippen LogP contribution < -0.4 is 10.6 Å². The molecule has 1 aromatic heterocycles. The zero-order valence-electron chi connectivity index (χ0n) is 10.7. The molecule has 2 N–H and O–H groups in total. The molecule has 2 rings (SSSR count). The number of rotatable bonds is 6. The van der Waals surface area contributed by atoms with E-state index in [4.69, 9.17) is 0 Å². The summed E-state index contributed by atoms with van der Waals surface area (Å²) in [6, 6.07) is 9.84. The molecular formula is C12H18N6. The molecule has 96 valence electrons. The summed E-state index contributed by atoms with van der Waals surface area (Å²) >= 11 is 0. The van der Waals surface area contributed by atoms with E-state index in [9.17, 15) is 0 Å². The van der Waals surface area contributed by atoms with Crippen LogP contribution in [0.25, 0.3) is 5.69 Å². The Kier molecular flexibility index (Phi) is 4.25. The summed E-state index contributed by atoms with van der Waals surface area (Å²) in [4.78, 5) is 0. The predicted molar refractivity (Wildman–Crippen MR) is 70.7 cm³/mol. The van der Waals surface area contributed by atoms with Crippen molar-refractivity contribution in [2.24, 2.45) is 5.92 Å². The number of nitrogens with one attached hydrogen (secondary N) is 2. The minimum atomic E-state index is 0.510. The Morgan fingerprint density at radius 3 is 2.72 bits per heavy atom. The van der Waals surface area contributed by atoms with Crippen LogP contribution in [0.4, 0.5) is 5.95 Å². The van der Waals surface area contributed by atoms with E-state index >= 15 is 0 Å². The number of aromatic nitrogens is 4. The molecule has 6 nitrogen and oxygen atoms in total. The number of tetrazole rings is 1. The summed E-state index contributed by atoms with van der Waals surface area (Å²) in [5.74, 6) is 1.18. The lowest BCUT2D eigenvalue weighted by atomic mass is 10.2. The maximum Gasteiger partial charge on any atom is 0.247 e. The van der Waals surface area contributed by atoms with E-state index in [0.717, 1.165) is 18.8 Å². The third-order valence-electron chi connectivity index (χ3n) is 2.63. The van der Waals surface area contributed by atoms with E-state index in [1.54, 1.807) is 4.68 Å². The summed E-state index contributed by atoms with van der Waals surface area (Å²) in [6.07, 6.45) is 0. The van der Waals surface area contributed by atoms with E-state index < -0.39 is 0 Å². The van der Waals surface area contributed by atoms with E-state index in [1.807, 2.05) is 37.4 Å². The summed E-state index contributed by atoms with van der Waals surface area (Å²) < 4.78 is 1.70. The lowest BCUT2D eigenvalue weighted by Crippen LogP contribution is -2.23. The second-order valence-corrected chi connectivity index (χ2v) is 4.29. The molecule has 0 radical (unpaired) electrons. The van der Waals surface area contributed by atoms with E-state index in [-0.39, 0.29) is 0 Å². The Balaban J connectivity index is 2.05. The van der Waals surface area contributed by atoms with Crippen molar-refractivity contribution in [3.63, 3.8) is 0 Å². The molecule has 18 heavy (non-hydrogen) atoms. The number of para-hydroxylation sites is 1. The van der Waals surface area contributed by atoms with Crippen LogP contribution in [0.3, 0.4) is 0 Å². The lowest BCUT2D eigenvalue weighted by molar-refractivity contribution is 0.567. The van der Waals surface area contributed by atoms with Crippen molar-refractivity contribution in [1.82, 2.24) is 25.5 Å². The molecule has 1 aromatic carbocycles. The summed E-state index contributed by atoms with van der Waals surface area (Å²) in [7, 11) is 1.95. The third kappa shape index (κ3) is 3.04. The Hall–Kier alpha value is -1.95. The Bertz CT molecular complexity index is 466. The Labute approximate surface area is 106 Å². The maximum atomic E-state index is 3.99. The van der Waals surface area contributed by atoms with Crippen molar-refractivity contribution in [2.45, 2.75) is 6.92 Å². The molecule has 0 aliphatic heterocycles. The van der Waals surface area contributed by atoms with Gasteiger partial charge in [-0.15, -0.1) is 0 Å². The molecule has 2 aromatic rings. The van der Waals surface area contributed by atoms with Gasteiger partial charge in [-0.25, -0.2) is 0 Å². The van der Waals surface area contributed by atoms with Gasteiger partial charge in [0, 0.05) is 6.54 Å². The van der Waals surface area contributed by atoms with E-state index in [1.165, 1.54) is 0 Å². The quantitative estimate of drug-likeness (QED) is 0.793. The van der Waals surface area contributed by atoms with Gasteiger partial charge in [-0.05, 0) is 42.1 Å². The number of hydrogen-bond acceptors (Lipinski definition) is 5. The minimum Gasteiger partial charge on any atom is -0.352 e. The molecule has 0 spiro atoms. The maximum absolute atomic E-state index is 3.99. The molecule has 1 heterocycles. The highest BCUT2D eigenvalue weighted by Gasteiger charge is 2.08. The third-order valence-corrected chi connectivity index (χ3v) is 2.63. The van der Waals surface area contributed by atoms with Crippen LogP contribution in [0.15, 0.2) is 30.3 Å². The number of hydrogen-bond donors (Lipinski definition) is 2. The normalized spacial score (nSPS) is 12.3. The number of benzene rings is 1. The van der Waals surface area contributed by atoms with Gasteiger partial charge >= 0.3 is 0 Å². The van der Waals surface area contributed by atoms with Gasteiger partial charge < -0.3 is 10.6 Å². The van der Waals surface area contributed by atoms with Crippen LogP contribution >= 0.6 is 0 Å². The van der Waals surface area contributed by atoms with Crippen molar-refractivity contribution in [1.29, 1.82) is 0 Å². The van der Waals surface area contributed by atoms with Gasteiger partial charge in [0.15, 0.2) is 0 Å². The highest BCUT2D eigenvalue weighted by Crippen LogP contribution is 2.10. The van der Waals surface area contributed by atoms with Crippen LogP contribution in [0.5, 0.6) is 0 Å². The molecule has 0 amide bonds. The predicted octanol–water partition coefficient (Wildman–Crippen LogP) is 0.930. The van der Waals surface area contributed by atoms with Crippen LogP contribution in [-0.4, -0.2) is 40.3 Å². The highest BCUT2D eigenvalue weighted by atomic mass is 15.6. The molecular weight excluding hydrogens is 228 g/mol. The summed E-state index contributed by atoms with van der Waals surface area (Å²) in [5.41, 5.74) is 0.950. The first-order valence-electron chi connectivity index (χ1n) is 6.03. The van der Waals surface area contributed by atoms with Crippen LogP contribution in [-0.2, 0) is 0 Å². The lowest BCUT2D eigenvalue weighted by Gasteiger charge is -2.12. The number of anilines is 1. The van der Waals surface area contributed by atoms with Crippen molar-refractivity contribution in [3.8, 4) is 5.69 Å². The highest BCUT2D eigenvalue weighted by molar-refractivity contribution is 5.38. The van der Waals surface area contributed by atoms with Gasteiger partial charge in [0.1, 0.15) is 0 Å². The molecule has 6 heteroatoms. The molecule has 0 saturated carbocycles.